The van der Waals surface area contributed by atoms with Crippen molar-refractivity contribution in [3.8, 4) is 0 Å². The number of hydrogen-bond acceptors (Lipinski definition) is 5. The maximum atomic E-state index is 13.5. The normalized spacial score (nSPS) is 14.6. The largest absolute Gasteiger partial charge is 0.374 e. The average Bonchev–Trinajstić information content (AvgIpc) is 2.48. The SMILES string of the molecule is CO[CH]c1ccc(F)cc1S(=O)(=O)c1ccc(N2CCC2)nc1. The first-order valence-corrected chi connectivity index (χ1v) is 8.62. The van der Waals surface area contributed by atoms with Crippen LogP contribution in [0.25, 0.3) is 0 Å². The zero-order valence-electron chi connectivity index (χ0n) is 12.6. The number of nitrogens with zero attached hydrogens (tertiary/aromatic N) is 2. The van der Waals surface area contributed by atoms with Gasteiger partial charge in [-0.25, -0.2) is 17.8 Å². The van der Waals surface area contributed by atoms with Gasteiger partial charge in [0.15, 0.2) is 0 Å². The molecule has 1 aliphatic heterocycles. The Balaban J connectivity index is 1.99. The lowest BCUT2D eigenvalue weighted by Gasteiger charge is -2.31. The van der Waals surface area contributed by atoms with E-state index in [-0.39, 0.29) is 9.79 Å². The fourth-order valence-electron chi connectivity index (χ4n) is 2.36. The van der Waals surface area contributed by atoms with Crippen molar-refractivity contribution in [1.29, 1.82) is 0 Å². The summed E-state index contributed by atoms with van der Waals surface area (Å²) in [6.07, 6.45) is 2.42. The highest BCUT2D eigenvalue weighted by Gasteiger charge is 2.24. The van der Waals surface area contributed by atoms with Crippen molar-refractivity contribution >= 4 is 15.7 Å². The van der Waals surface area contributed by atoms with Crippen LogP contribution in [-0.4, -0.2) is 33.6 Å². The molecule has 1 aromatic carbocycles. The molecule has 0 atom stereocenters. The zero-order valence-corrected chi connectivity index (χ0v) is 13.4. The number of hydrogen-bond donors (Lipinski definition) is 0. The molecule has 3 rings (SSSR count). The van der Waals surface area contributed by atoms with Gasteiger partial charge < -0.3 is 9.64 Å². The fourth-order valence-corrected chi connectivity index (χ4v) is 3.74. The van der Waals surface area contributed by atoms with E-state index in [1.165, 1.54) is 38.1 Å². The number of ether oxygens (including phenoxy) is 1. The smallest absolute Gasteiger partial charge is 0.208 e. The molecular weight excluding hydrogens is 319 g/mol. The molecule has 0 unspecified atom stereocenters. The van der Waals surface area contributed by atoms with E-state index < -0.39 is 15.7 Å². The molecule has 0 N–H and O–H groups in total. The van der Waals surface area contributed by atoms with Gasteiger partial charge in [-0.3, -0.25) is 0 Å². The summed E-state index contributed by atoms with van der Waals surface area (Å²) in [5.41, 5.74) is 0.292. The van der Waals surface area contributed by atoms with Gasteiger partial charge in [-0.05, 0) is 30.7 Å². The van der Waals surface area contributed by atoms with E-state index in [0.29, 0.717) is 5.56 Å². The van der Waals surface area contributed by atoms with E-state index >= 15 is 0 Å². The summed E-state index contributed by atoms with van der Waals surface area (Å²) in [5, 5.41) is 0. The van der Waals surface area contributed by atoms with E-state index in [2.05, 4.69) is 9.88 Å². The monoisotopic (exact) mass is 335 g/mol. The van der Waals surface area contributed by atoms with E-state index in [1.54, 1.807) is 6.07 Å². The van der Waals surface area contributed by atoms with Gasteiger partial charge in [0.05, 0.1) is 9.79 Å². The maximum absolute atomic E-state index is 13.5. The van der Waals surface area contributed by atoms with Gasteiger partial charge in [0.2, 0.25) is 9.84 Å². The number of halogens is 1. The van der Waals surface area contributed by atoms with Crippen molar-refractivity contribution in [2.75, 3.05) is 25.1 Å². The number of pyridine rings is 1. The molecule has 1 aromatic heterocycles. The minimum absolute atomic E-state index is 0.0260. The Morgan fingerprint density at radius 2 is 2.04 bits per heavy atom. The summed E-state index contributed by atoms with van der Waals surface area (Å²) in [4.78, 5) is 6.15. The van der Waals surface area contributed by atoms with Crippen LogP contribution < -0.4 is 4.90 Å². The first-order valence-electron chi connectivity index (χ1n) is 7.14. The van der Waals surface area contributed by atoms with Crippen LogP contribution in [0, 0.1) is 12.4 Å². The topological polar surface area (TPSA) is 59.5 Å². The van der Waals surface area contributed by atoms with Crippen LogP contribution in [0.5, 0.6) is 0 Å². The number of benzene rings is 1. The van der Waals surface area contributed by atoms with Crippen LogP contribution in [-0.2, 0) is 14.6 Å². The molecule has 1 radical (unpaired) electrons. The second kappa shape index (κ2) is 6.25. The van der Waals surface area contributed by atoms with Gasteiger partial charge in [-0.2, -0.15) is 0 Å². The number of methoxy groups -OCH3 is 1. The predicted octanol–water partition coefficient (Wildman–Crippen LogP) is 2.42. The molecule has 0 amide bonds. The van der Waals surface area contributed by atoms with E-state index in [4.69, 9.17) is 4.74 Å². The summed E-state index contributed by atoms with van der Waals surface area (Å²) < 4.78 is 43.9. The van der Waals surface area contributed by atoms with Crippen LogP contribution in [0.1, 0.15) is 12.0 Å². The van der Waals surface area contributed by atoms with Gasteiger partial charge in [-0.15, -0.1) is 0 Å². The number of anilines is 1. The van der Waals surface area contributed by atoms with Crippen molar-refractivity contribution in [2.24, 2.45) is 0 Å². The third-order valence-corrected chi connectivity index (χ3v) is 5.52. The average molecular weight is 335 g/mol. The lowest BCUT2D eigenvalue weighted by atomic mass is 10.2. The molecule has 0 aliphatic carbocycles. The summed E-state index contributed by atoms with van der Waals surface area (Å²) in [6, 6.07) is 6.72. The fraction of sp³-hybridized carbons (Fsp3) is 0.250. The summed E-state index contributed by atoms with van der Waals surface area (Å²) in [5.74, 6) is 0.125. The standard InChI is InChI=1S/C16H16FN2O3S/c1-22-11-12-3-4-13(17)9-15(12)23(20,21)14-5-6-16(18-10-14)19-7-2-8-19/h3-6,9-11H,2,7-8H2,1H3. The third-order valence-electron chi connectivity index (χ3n) is 3.72. The van der Waals surface area contributed by atoms with Gasteiger partial charge in [0.1, 0.15) is 18.2 Å². The predicted molar refractivity (Wildman–Crippen MR) is 83.3 cm³/mol. The molecule has 0 spiro atoms. The van der Waals surface area contributed by atoms with Crippen molar-refractivity contribution in [3.63, 3.8) is 0 Å². The molecule has 1 fully saturated rings. The molecule has 1 aliphatic rings. The molecule has 1 saturated heterocycles. The van der Waals surface area contributed by atoms with Crippen molar-refractivity contribution < 1.29 is 17.5 Å². The van der Waals surface area contributed by atoms with Crippen molar-refractivity contribution in [2.45, 2.75) is 16.2 Å². The Bertz CT molecular complexity index is 803. The van der Waals surface area contributed by atoms with Crippen molar-refractivity contribution in [1.82, 2.24) is 4.98 Å². The minimum Gasteiger partial charge on any atom is -0.374 e. The number of aromatic nitrogens is 1. The minimum atomic E-state index is -3.88. The van der Waals surface area contributed by atoms with E-state index in [1.807, 2.05) is 0 Å². The second-order valence-electron chi connectivity index (χ2n) is 5.23. The summed E-state index contributed by atoms with van der Waals surface area (Å²) >= 11 is 0. The van der Waals surface area contributed by atoms with Gasteiger partial charge >= 0.3 is 0 Å². The molecule has 2 aromatic rings. The number of rotatable bonds is 5. The lowest BCUT2D eigenvalue weighted by Crippen LogP contribution is -2.37. The highest BCUT2D eigenvalue weighted by molar-refractivity contribution is 7.91. The zero-order chi connectivity index (χ0) is 16.4. The highest BCUT2D eigenvalue weighted by Crippen LogP contribution is 2.27. The van der Waals surface area contributed by atoms with Gasteiger partial charge in [0, 0.05) is 32.0 Å². The molecule has 121 valence electrons. The van der Waals surface area contributed by atoms with Gasteiger partial charge in [0.25, 0.3) is 0 Å². The molecule has 23 heavy (non-hydrogen) atoms. The van der Waals surface area contributed by atoms with E-state index in [0.717, 1.165) is 31.4 Å². The van der Waals surface area contributed by atoms with Crippen LogP contribution in [0.15, 0.2) is 46.3 Å². The van der Waals surface area contributed by atoms with E-state index in [9.17, 15) is 12.8 Å². The lowest BCUT2D eigenvalue weighted by molar-refractivity contribution is 0.290. The molecule has 0 saturated carbocycles. The number of sulfone groups is 1. The molecule has 7 heteroatoms. The Labute approximate surface area is 134 Å². The summed E-state index contributed by atoms with van der Waals surface area (Å²) in [7, 11) is -2.47. The molecular formula is C16H16FN2O3S. The third kappa shape index (κ3) is 3.07. The Kier molecular flexibility index (Phi) is 4.32. The first-order chi connectivity index (χ1) is 11.0. The first kappa shape index (κ1) is 15.9. The van der Waals surface area contributed by atoms with Crippen LogP contribution in [0.2, 0.25) is 0 Å². The summed E-state index contributed by atoms with van der Waals surface area (Å²) in [6.45, 7) is 3.13. The van der Waals surface area contributed by atoms with Crippen molar-refractivity contribution in [3.05, 3.63) is 54.5 Å². The van der Waals surface area contributed by atoms with Crippen LogP contribution in [0.3, 0.4) is 0 Å². The van der Waals surface area contributed by atoms with Crippen LogP contribution in [0.4, 0.5) is 10.2 Å². The molecule has 0 bridgehead atoms. The quantitative estimate of drug-likeness (QED) is 0.840. The Hall–Kier alpha value is -1.99. The second-order valence-corrected chi connectivity index (χ2v) is 7.15. The maximum Gasteiger partial charge on any atom is 0.208 e. The Morgan fingerprint density at radius 3 is 2.61 bits per heavy atom. The molecule has 5 nitrogen and oxygen atoms in total. The highest BCUT2D eigenvalue weighted by atomic mass is 32.2. The Morgan fingerprint density at radius 1 is 1.26 bits per heavy atom. The van der Waals surface area contributed by atoms with Crippen LogP contribution >= 0.6 is 0 Å². The molecule has 2 heterocycles. The van der Waals surface area contributed by atoms with Gasteiger partial charge in [-0.1, -0.05) is 6.07 Å².